The van der Waals surface area contributed by atoms with Crippen LogP contribution in [0.3, 0.4) is 0 Å². The van der Waals surface area contributed by atoms with Crippen LogP contribution < -0.4 is 15.4 Å². The molecule has 0 saturated heterocycles. The van der Waals surface area contributed by atoms with Gasteiger partial charge in [0.1, 0.15) is 17.4 Å². The second-order valence-corrected chi connectivity index (χ2v) is 9.52. The molecule has 2 N–H and O–H groups in total. The lowest BCUT2D eigenvalue weighted by Crippen LogP contribution is -2.47. The van der Waals surface area contributed by atoms with Crippen molar-refractivity contribution in [2.75, 3.05) is 7.11 Å². The summed E-state index contributed by atoms with van der Waals surface area (Å²) in [5, 5.41) is 5.58. The normalized spacial score (nSPS) is 11.8. The van der Waals surface area contributed by atoms with E-state index in [2.05, 4.69) is 15.6 Å². The van der Waals surface area contributed by atoms with Crippen molar-refractivity contribution in [1.29, 1.82) is 0 Å². The molecular weight excluding hydrogens is 470 g/mol. The molecular formula is C29H33N3O5. The Morgan fingerprint density at radius 3 is 2.38 bits per heavy atom. The van der Waals surface area contributed by atoms with Crippen LogP contribution in [0.15, 0.2) is 72.9 Å². The predicted molar refractivity (Wildman–Crippen MR) is 141 cm³/mol. The van der Waals surface area contributed by atoms with E-state index in [4.69, 9.17) is 9.47 Å². The SMILES string of the molecule is COc1cccc(CNC(=O)[C@H](CCC(=O)OC(C)(C)C)NC(=O)c2ccc(-c3ccccc3)nc2)c1. The highest BCUT2D eigenvalue weighted by Crippen LogP contribution is 2.17. The number of hydrogen-bond donors (Lipinski definition) is 2. The van der Waals surface area contributed by atoms with Gasteiger partial charge in [-0.3, -0.25) is 19.4 Å². The first-order valence-electron chi connectivity index (χ1n) is 12.1. The minimum atomic E-state index is -0.945. The Kier molecular flexibility index (Phi) is 9.38. The van der Waals surface area contributed by atoms with Crippen LogP contribution in [0, 0.1) is 0 Å². The smallest absolute Gasteiger partial charge is 0.306 e. The van der Waals surface area contributed by atoms with E-state index in [0.717, 1.165) is 16.8 Å². The van der Waals surface area contributed by atoms with Gasteiger partial charge in [-0.2, -0.15) is 0 Å². The molecule has 2 amide bonds. The molecule has 0 radical (unpaired) electrons. The van der Waals surface area contributed by atoms with Crippen molar-refractivity contribution in [3.8, 4) is 17.0 Å². The van der Waals surface area contributed by atoms with Crippen LogP contribution in [0.25, 0.3) is 11.3 Å². The first kappa shape index (κ1) is 27.4. The van der Waals surface area contributed by atoms with Crippen molar-refractivity contribution in [1.82, 2.24) is 15.6 Å². The minimum Gasteiger partial charge on any atom is -0.497 e. The summed E-state index contributed by atoms with van der Waals surface area (Å²) in [4.78, 5) is 42.7. The number of nitrogens with zero attached hydrogens (tertiary/aromatic N) is 1. The van der Waals surface area contributed by atoms with Gasteiger partial charge in [-0.05, 0) is 57.0 Å². The largest absolute Gasteiger partial charge is 0.497 e. The summed E-state index contributed by atoms with van der Waals surface area (Å²) in [7, 11) is 1.57. The van der Waals surface area contributed by atoms with Gasteiger partial charge in [0.15, 0.2) is 0 Å². The predicted octanol–water partition coefficient (Wildman–Crippen LogP) is 4.29. The van der Waals surface area contributed by atoms with Crippen molar-refractivity contribution >= 4 is 17.8 Å². The average molecular weight is 504 g/mol. The van der Waals surface area contributed by atoms with Gasteiger partial charge in [0.05, 0.1) is 18.4 Å². The van der Waals surface area contributed by atoms with Crippen LogP contribution >= 0.6 is 0 Å². The van der Waals surface area contributed by atoms with E-state index in [9.17, 15) is 14.4 Å². The van der Waals surface area contributed by atoms with Crippen molar-refractivity contribution in [2.24, 2.45) is 0 Å². The summed E-state index contributed by atoms with van der Waals surface area (Å²) in [6, 6.07) is 19.4. The number of amides is 2. The van der Waals surface area contributed by atoms with E-state index in [1.54, 1.807) is 40.0 Å². The highest BCUT2D eigenvalue weighted by Gasteiger charge is 2.24. The van der Waals surface area contributed by atoms with Crippen LogP contribution in [-0.4, -0.2) is 41.5 Å². The Bertz CT molecular complexity index is 1200. The van der Waals surface area contributed by atoms with Crippen LogP contribution in [0.1, 0.15) is 49.5 Å². The molecule has 0 aliphatic heterocycles. The maximum Gasteiger partial charge on any atom is 0.306 e. The number of benzene rings is 2. The highest BCUT2D eigenvalue weighted by molar-refractivity contribution is 5.97. The van der Waals surface area contributed by atoms with Crippen molar-refractivity contribution < 1.29 is 23.9 Å². The number of carbonyl (C=O) groups is 3. The lowest BCUT2D eigenvalue weighted by atomic mass is 10.1. The molecule has 0 aliphatic rings. The molecule has 3 rings (SSSR count). The number of ether oxygens (including phenoxy) is 2. The van der Waals surface area contributed by atoms with Crippen LogP contribution in [-0.2, 0) is 20.9 Å². The fourth-order valence-electron chi connectivity index (χ4n) is 3.57. The number of nitrogens with one attached hydrogen (secondary N) is 2. The van der Waals surface area contributed by atoms with Gasteiger partial charge in [-0.25, -0.2) is 0 Å². The van der Waals surface area contributed by atoms with Crippen LogP contribution in [0.5, 0.6) is 5.75 Å². The minimum absolute atomic E-state index is 0.0278. The van der Waals surface area contributed by atoms with Crippen LogP contribution in [0.2, 0.25) is 0 Å². The van der Waals surface area contributed by atoms with Crippen molar-refractivity contribution in [2.45, 2.75) is 51.8 Å². The van der Waals surface area contributed by atoms with Crippen molar-refractivity contribution in [3.63, 3.8) is 0 Å². The molecule has 8 nitrogen and oxygen atoms in total. The van der Waals surface area contributed by atoms with Gasteiger partial charge in [-0.1, -0.05) is 42.5 Å². The number of methoxy groups -OCH3 is 1. The number of hydrogen-bond acceptors (Lipinski definition) is 6. The molecule has 8 heteroatoms. The maximum atomic E-state index is 13.0. The molecule has 0 fully saturated rings. The zero-order valence-electron chi connectivity index (χ0n) is 21.6. The number of rotatable bonds is 10. The molecule has 1 aromatic heterocycles. The topological polar surface area (TPSA) is 107 Å². The van der Waals surface area contributed by atoms with Gasteiger partial charge in [0.2, 0.25) is 5.91 Å². The molecule has 0 bridgehead atoms. The fraction of sp³-hybridized carbons (Fsp3) is 0.310. The molecule has 3 aromatic rings. The van der Waals surface area contributed by atoms with Gasteiger partial charge in [-0.15, -0.1) is 0 Å². The quantitative estimate of drug-likeness (QED) is 0.400. The molecule has 37 heavy (non-hydrogen) atoms. The third-order valence-corrected chi connectivity index (χ3v) is 5.38. The molecule has 0 spiro atoms. The Morgan fingerprint density at radius 1 is 0.973 bits per heavy atom. The first-order valence-corrected chi connectivity index (χ1v) is 12.1. The molecule has 2 aromatic carbocycles. The molecule has 0 saturated carbocycles. The molecule has 0 aliphatic carbocycles. The number of pyridine rings is 1. The number of aromatic nitrogens is 1. The zero-order chi connectivity index (χ0) is 26.8. The summed E-state index contributed by atoms with van der Waals surface area (Å²) in [5.74, 6) is -0.638. The van der Waals surface area contributed by atoms with E-state index in [1.807, 2.05) is 54.6 Å². The summed E-state index contributed by atoms with van der Waals surface area (Å²) < 4.78 is 10.6. The highest BCUT2D eigenvalue weighted by atomic mass is 16.6. The molecule has 0 unspecified atom stereocenters. The Balaban J connectivity index is 1.69. The van der Waals surface area contributed by atoms with Gasteiger partial charge >= 0.3 is 5.97 Å². The summed E-state index contributed by atoms with van der Waals surface area (Å²) >= 11 is 0. The van der Waals surface area contributed by atoms with E-state index in [0.29, 0.717) is 11.3 Å². The molecule has 1 atom stereocenters. The monoisotopic (exact) mass is 503 g/mol. The third kappa shape index (κ3) is 8.75. The number of carbonyl (C=O) groups excluding carboxylic acids is 3. The zero-order valence-corrected chi connectivity index (χ0v) is 21.6. The standard InChI is InChI=1S/C29H33N3O5/c1-29(2,3)37-26(33)16-15-25(28(35)31-18-20-9-8-12-23(17-20)36-4)32-27(34)22-13-14-24(30-19-22)21-10-6-5-7-11-21/h5-14,17,19,25H,15-16,18H2,1-4H3,(H,31,35)(H,32,34)/t25-/m0/s1. The molecule has 194 valence electrons. The summed E-state index contributed by atoms with van der Waals surface area (Å²) in [6.45, 7) is 5.56. The van der Waals surface area contributed by atoms with Gasteiger partial charge in [0.25, 0.3) is 5.91 Å². The first-order chi connectivity index (χ1) is 17.6. The lowest BCUT2D eigenvalue weighted by molar-refractivity contribution is -0.155. The lowest BCUT2D eigenvalue weighted by Gasteiger charge is -2.21. The van der Waals surface area contributed by atoms with Gasteiger partial charge < -0.3 is 20.1 Å². The molecule has 1 heterocycles. The Morgan fingerprint density at radius 2 is 1.73 bits per heavy atom. The van der Waals surface area contributed by atoms with E-state index in [1.165, 1.54) is 6.20 Å². The van der Waals surface area contributed by atoms with E-state index < -0.39 is 29.4 Å². The number of esters is 1. The Hall–Kier alpha value is -4.20. The van der Waals surface area contributed by atoms with Crippen molar-refractivity contribution in [3.05, 3.63) is 84.1 Å². The third-order valence-electron chi connectivity index (χ3n) is 5.38. The van der Waals surface area contributed by atoms with E-state index in [-0.39, 0.29) is 19.4 Å². The van der Waals surface area contributed by atoms with Gasteiger partial charge in [0, 0.05) is 24.7 Å². The second-order valence-electron chi connectivity index (χ2n) is 9.52. The fourth-order valence-corrected chi connectivity index (χ4v) is 3.57. The average Bonchev–Trinajstić information content (AvgIpc) is 2.89. The maximum absolute atomic E-state index is 13.0. The van der Waals surface area contributed by atoms with Crippen LogP contribution in [0.4, 0.5) is 0 Å². The second kappa shape index (κ2) is 12.7. The van der Waals surface area contributed by atoms with E-state index >= 15 is 0 Å². The summed E-state index contributed by atoms with van der Waals surface area (Å²) in [6.07, 6.45) is 1.52. The Labute approximate surface area is 217 Å². The summed E-state index contributed by atoms with van der Waals surface area (Å²) in [5.41, 5.74) is 2.17.